The van der Waals surface area contributed by atoms with Gasteiger partial charge in [0.15, 0.2) is 6.10 Å². The van der Waals surface area contributed by atoms with Crippen molar-refractivity contribution in [3.8, 4) is 5.75 Å². The highest BCUT2D eigenvalue weighted by atomic mass is 16.6. The summed E-state index contributed by atoms with van der Waals surface area (Å²) in [6.45, 7) is 6.90. The maximum absolute atomic E-state index is 13.8. The molecule has 6 rings (SSSR count). The number of anilines is 1. The molecule has 0 unspecified atom stereocenters. The summed E-state index contributed by atoms with van der Waals surface area (Å²) in [5.41, 5.74) is 2.80. The zero-order valence-corrected chi connectivity index (χ0v) is 25.3. The number of phenols is 1. The van der Waals surface area contributed by atoms with Gasteiger partial charge >= 0.3 is 12.1 Å². The first kappa shape index (κ1) is 32.6. The maximum Gasteiger partial charge on any atom is 0.410 e. The van der Waals surface area contributed by atoms with Gasteiger partial charge in [-0.1, -0.05) is 37.8 Å². The number of benzene rings is 2. The van der Waals surface area contributed by atoms with Crippen LogP contribution in [0.1, 0.15) is 44.2 Å². The van der Waals surface area contributed by atoms with Crippen molar-refractivity contribution in [1.82, 2.24) is 24.9 Å². The molecular formula is C34H48N6O5. The van der Waals surface area contributed by atoms with Crippen LogP contribution in [0, 0.1) is 0 Å². The van der Waals surface area contributed by atoms with Crippen molar-refractivity contribution in [2.75, 3.05) is 64.2 Å². The largest absolute Gasteiger partial charge is 0.508 e. The first-order valence-corrected chi connectivity index (χ1v) is 16.1. The number of phenolic OH excluding ortho intramolecular Hbond substituents is 1. The summed E-state index contributed by atoms with van der Waals surface area (Å²) in [6.07, 6.45) is 2.70. The lowest BCUT2D eigenvalue weighted by Crippen LogP contribution is -2.54. The van der Waals surface area contributed by atoms with Crippen LogP contribution in [-0.2, 0) is 22.4 Å². The first-order chi connectivity index (χ1) is 21.4. The fraction of sp³-hybridized carbons (Fsp3) is 0.559. The summed E-state index contributed by atoms with van der Waals surface area (Å²) >= 11 is 0. The lowest BCUT2D eigenvalue weighted by Gasteiger charge is -2.41. The number of hydrogen-bond donors (Lipinski definition) is 3. The average molecular weight is 621 g/mol. The van der Waals surface area contributed by atoms with Crippen molar-refractivity contribution in [1.29, 1.82) is 0 Å². The van der Waals surface area contributed by atoms with Gasteiger partial charge in [-0.25, -0.2) is 9.59 Å². The summed E-state index contributed by atoms with van der Waals surface area (Å²) < 4.78 is 5.97. The molecule has 3 fully saturated rings. The number of piperazine rings is 1. The van der Waals surface area contributed by atoms with E-state index in [0.29, 0.717) is 51.6 Å². The highest BCUT2D eigenvalue weighted by molar-refractivity contribution is 5.91. The van der Waals surface area contributed by atoms with E-state index in [9.17, 15) is 19.5 Å². The van der Waals surface area contributed by atoms with E-state index in [2.05, 4.69) is 15.5 Å². The fourth-order valence-electron chi connectivity index (χ4n) is 7.02. The number of piperidine rings is 2. The van der Waals surface area contributed by atoms with Crippen molar-refractivity contribution < 1.29 is 24.2 Å². The number of aromatic hydroxyl groups is 1. The van der Waals surface area contributed by atoms with E-state index in [1.165, 1.54) is 0 Å². The number of amides is 4. The summed E-state index contributed by atoms with van der Waals surface area (Å²) in [5.74, 6) is -0.0191. The predicted octanol–water partition coefficient (Wildman–Crippen LogP) is 3.53. The SMILES string of the molecule is C.O=C(O[C@H](Cc1ccc(O)cc1)C(=O)N1CCC(N2CCNCC2)CC1)N1CCC(N2CCc3ccccc3NC2=O)CC1. The minimum atomic E-state index is -0.949. The number of carbonyl (C=O) groups is 3. The topological polar surface area (TPSA) is 118 Å². The third-order valence-corrected chi connectivity index (χ3v) is 9.63. The molecule has 11 heteroatoms. The van der Waals surface area contributed by atoms with Crippen molar-refractivity contribution in [2.45, 2.75) is 64.1 Å². The molecule has 45 heavy (non-hydrogen) atoms. The van der Waals surface area contributed by atoms with E-state index in [1.807, 2.05) is 34.1 Å². The lowest BCUT2D eigenvalue weighted by atomic mass is 10.0. The van der Waals surface area contributed by atoms with Crippen LogP contribution in [0.25, 0.3) is 0 Å². The molecule has 0 radical (unpaired) electrons. The highest BCUT2D eigenvalue weighted by Gasteiger charge is 2.36. The highest BCUT2D eigenvalue weighted by Crippen LogP contribution is 2.26. The summed E-state index contributed by atoms with van der Waals surface area (Å²) in [4.78, 5) is 48.2. The quantitative estimate of drug-likeness (QED) is 0.453. The Morgan fingerprint density at radius 1 is 0.844 bits per heavy atom. The van der Waals surface area contributed by atoms with E-state index in [-0.39, 0.29) is 37.6 Å². The molecule has 4 amide bonds. The average Bonchev–Trinajstić information content (AvgIpc) is 3.23. The zero-order chi connectivity index (χ0) is 30.5. The minimum absolute atomic E-state index is 0. The minimum Gasteiger partial charge on any atom is -0.508 e. The second-order valence-corrected chi connectivity index (χ2v) is 12.3. The van der Waals surface area contributed by atoms with E-state index in [0.717, 1.165) is 62.3 Å². The van der Waals surface area contributed by atoms with Crippen LogP contribution < -0.4 is 10.6 Å². The number of para-hydroxylation sites is 1. The number of nitrogens with zero attached hydrogens (tertiary/aromatic N) is 4. The van der Waals surface area contributed by atoms with Gasteiger partial charge < -0.3 is 35.2 Å². The van der Waals surface area contributed by atoms with Gasteiger partial charge in [-0.15, -0.1) is 0 Å². The van der Waals surface area contributed by atoms with Crippen LogP contribution in [0.5, 0.6) is 5.75 Å². The smallest absolute Gasteiger partial charge is 0.410 e. The molecule has 4 heterocycles. The van der Waals surface area contributed by atoms with Gasteiger partial charge in [0.1, 0.15) is 5.75 Å². The number of hydrogen-bond acceptors (Lipinski definition) is 7. The second-order valence-electron chi connectivity index (χ2n) is 12.3. The van der Waals surface area contributed by atoms with Gasteiger partial charge in [0.05, 0.1) is 0 Å². The molecule has 4 aliphatic heterocycles. The van der Waals surface area contributed by atoms with Crippen LogP contribution in [-0.4, -0.2) is 120 Å². The number of carbonyl (C=O) groups excluding carboxylic acids is 3. The third kappa shape index (κ3) is 7.88. The Kier molecular flexibility index (Phi) is 10.8. The molecule has 2 aromatic carbocycles. The van der Waals surface area contributed by atoms with E-state index in [4.69, 9.17) is 4.74 Å². The van der Waals surface area contributed by atoms with Crippen LogP contribution in [0.2, 0.25) is 0 Å². The Morgan fingerprint density at radius 2 is 1.49 bits per heavy atom. The standard InChI is InChI=1S/C33H44N6O5.CH4/c40-28-7-5-24(6-8-28)23-30(31(41)37-16-10-26(11-17-37)36-21-14-34-15-22-36)44-33(43)38-18-12-27(13-19-38)39-20-9-25-3-1-2-4-29(25)35-32(39)42;/h1-8,26-27,30,34,40H,9-23H2,(H,35,42);1H4/t30-;/m1./s1. The normalized spacial score (nSPS) is 20.8. The molecule has 244 valence electrons. The van der Waals surface area contributed by atoms with Crippen LogP contribution in [0.3, 0.4) is 0 Å². The number of ether oxygens (including phenoxy) is 1. The molecule has 1 atom stereocenters. The van der Waals surface area contributed by atoms with Gasteiger partial charge in [-0.2, -0.15) is 0 Å². The number of fused-ring (bicyclic) bond motifs is 1. The fourth-order valence-corrected chi connectivity index (χ4v) is 7.02. The molecule has 11 nitrogen and oxygen atoms in total. The lowest BCUT2D eigenvalue weighted by molar-refractivity contribution is -0.142. The summed E-state index contributed by atoms with van der Waals surface area (Å²) in [5, 5.41) is 16.2. The van der Waals surface area contributed by atoms with Gasteiger partial charge in [0.25, 0.3) is 5.91 Å². The number of likely N-dealkylation sites (tertiary alicyclic amines) is 2. The Labute approximate surface area is 266 Å². The Bertz CT molecular complexity index is 1300. The predicted molar refractivity (Wildman–Crippen MR) is 173 cm³/mol. The molecule has 0 saturated carbocycles. The first-order valence-electron chi connectivity index (χ1n) is 16.1. The van der Waals surface area contributed by atoms with Crippen molar-refractivity contribution in [2.24, 2.45) is 0 Å². The molecule has 2 aromatic rings. The summed E-state index contributed by atoms with van der Waals surface area (Å²) in [6, 6.07) is 15.0. The van der Waals surface area contributed by atoms with Gasteiger partial charge in [-0.05, 0) is 61.4 Å². The van der Waals surface area contributed by atoms with Crippen LogP contribution in [0.15, 0.2) is 48.5 Å². The summed E-state index contributed by atoms with van der Waals surface area (Å²) in [7, 11) is 0. The van der Waals surface area contributed by atoms with Crippen LogP contribution >= 0.6 is 0 Å². The van der Waals surface area contributed by atoms with Gasteiger partial charge in [0, 0.05) is 83.1 Å². The Morgan fingerprint density at radius 3 is 2.20 bits per heavy atom. The number of rotatable bonds is 6. The molecule has 3 N–H and O–H groups in total. The van der Waals surface area contributed by atoms with Gasteiger partial charge in [-0.3, -0.25) is 9.69 Å². The molecule has 0 aromatic heterocycles. The molecule has 0 spiro atoms. The van der Waals surface area contributed by atoms with Crippen molar-refractivity contribution >= 4 is 23.7 Å². The molecule has 4 aliphatic rings. The Balaban J connectivity index is 0.00000400. The van der Waals surface area contributed by atoms with Crippen molar-refractivity contribution in [3.05, 3.63) is 59.7 Å². The van der Waals surface area contributed by atoms with Gasteiger partial charge in [0.2, 0.25) is 0 Å². The van der Waals surface area contributed by atoms with E-state index in [1.54, 1.807) is 29.2 Å². The molecule has 0 bridgehead atoms. The number of urea groups is 1. The second kappa shape index (κ2) is 15.0. The third-order valence-electron chi connectivity index (χ3n) is 9.63. The molecule has 0 aliphatic carbocycles. The monoisotopic (exact) mass is 620 g/mol. The maximum atomic E-state index is 13.8. The number of nitrogens with one attached hydrogen (secondary N) is 2. The van der Waals surface area contributed by atoms with E-state index < -0.39 is 12.2 Å². The molecule has 3 saturated heterocycles. The molecular weight excluding hydrogens is 572 g/mol. The van der Waals surface area contributed by atoms with E-state index >= 15 is 0 Å². The van der Waals surface area contributed by atoms with Crippen molar-refractivity contribution in [3.63, 3.8) is 0 Å². The Hall–Kier alpha value is -3.83. The zero-order valence-electron chi connectivity index (χ0n) is 25.3. The van der Waals surface area contributed by atoms with Crippen LogP contribution in [0.4, 0.5) is 15.3 Å².